The Labute approximate surface area is 234 Å². The van der Waals surface area contributed by atoms with Crippen molar-refractivity contribution in [3.05, 3.63) is 93.5 Å². The SMILES string of the molecule is CCNC(=O)[C@@H](C)N(Cc1cccc(C)c1)C(=O)CN(c1cc(Cl)ccc1Cl)S(=O)(=O)c1ccc(C)cc1. The second-order valence-electron chi connectivity index (χ2n) is 9.00. The zero-order valence-electron chi connectivity index (χ0n) is 21.7. The number of anilines is 1. The standard InChI is InChI=1S/C28H31Cl2N3O4S/c1-5-31-28(35)21(4)32(17-22-8-6-7-20(3)15-22)27(34)18-33(26-16-23(29)11-14-25(26)30)38(36,37)24-12-9-19(2)10-13-24/h6-16,21H,5,17-18H2,1-4H3,(H,31,35)/t21-/m1/s1. The molecule has 0 heterocycles. The summed E-state index contributed by atoms with van der Waals surface area (Å²) in [7, 11) is -4.23. The van der Waals surface area contributed by atoms with Crippen LogP contribution in [0.25, 0.3) is 0 Å². The monoisotopic (exact) mass is 575 g/mol. The lowest BCUT2D eigenvalue weighted by Crippen LogP contribution is -2.51. The third-order valence-electron chi connectivity index (χ3n) is 6.02. The normalized spacial score (nSPS) is 12.1. The number of carbonyl (C=O) groups is 2. The summed E-state index contributed by atoms with van der Waals surface area (Å²) in [5.41, 5.74) is 2.75. The van der Waals surface area contributed by atoms with Gasteiger partial charge in [-0.3, -0.25) is 13.9 Å². The fourth-order valence-electron chi connectivity index (χ4n) is 3.94. The molecule has 0 bridgehead atoms. The van der Waals surface area contributed by atoms with E-state index in [1.807, 2.05) is 38.1 Å². The van der Waals surface area contributed by atoms with Gasteiger partial charge in [0, 0.05) is 18.1 Å². The molecule has 3 aromatic carbocycles. The topological polar surface area (TPSA) is 86.8 Å². The van der Waals surface area contributed by atoms with Crippen molar-refractivity contribution in [2.45, 2.75) is 45.2 Å². The van der Waals surface area contributed by atoms with Crippen molar-refractivity contribution in [2.24, 2.45) is 0 Å². The second-order valence-corrected chi connectivity index (χ2v) is 11.7. The van der Waals surface area contributed by atoms with Crippen molar-refractivity contribution in [3.63, 3.8) is 0 Å². The summed E-state index contributed by atoms with van der Waals surface area (Å²) < 4.78 is 28.6. The number of aryl methyl sites for hydroxylation is 2. The number of benzene rings is 3. The van der Waals surface area contributed by atoms with Crippen LogP contribution in [0.4, 0.5) is 5.69 Å². The summed E-state index contributed by atoms with van der Waals surface area (Å²) in [5, 5.41) is 3.11. The molecule has 0 spiro atoms. The lowest BCUT2D eigenvalue weighted by Gasteiger charge is -2.32. The fraction of sp³-hybridized carbons (Fsp3) is 0.286. The van der Waals surface area contributed by atoms with Crippen molar-refractivity contribution >= 4 is 50.7 Å². The summed E-state index contributed by atoms with van der Waals surface area (Å²) in [4.78, 5) is 28.0. The highest BCUT2D eigenvalue weighted by Crippen LogP contribution is 2.33. The van der Waals surface area contributed by atoms with Crippen molar-refractivity contribution in [1.82, 2.24) is 10.2 Å². The van der Waals surface area contributed by atoms with Gasteiger partial charge >= 0.3 is 0 Å². The molecule has 0 fully saturated rings. The quantitative estimate of drug-likeness (QED) is 0.352. The van der Waals surface area contributed by atoms with Gasteiger partial charge in [-0.15, -0.1) is 0 Å². The van der Waals surface area contributed by atoms with Crippen LogP contribution in [-0.2, 0) is 26.2 Å². The van der Waals surface area contributed by atoms with E-state index in [9.17, 15) is 18.0 Å². The van der Waals surface area contributed by atoms with Crippen LogP contribution < -0.4 is 9.62 Å². The van der Waals surface area contributed by atoms with Crippen LogP contribution in [-0.4, -0.2) is 44.3 Å². The Kier molecular flexibility index (Phi) is 9.82. The van der Waals surface area contributed by atoms with Gasteiger partial charge in [0.05, 0.1) is 15.6 Å². The van der Waals surface area contributed by atoms with Gasteiger partial charge < -0.3 is 10.2 Å². The van der Waals surface area contributed by atoms with Crippen LogP contribution in [0.5, 0.6) is 0 Å². The van der Waals surface area contributed by atoms with E-state index in [0.717, 1.165) is 21.0 Å². The maximum Gasteiger partial charge on any atom is 0.264 e. The molecule has 2 amide bonds. The molecule has 38 heavy (non-hydrogen) atoms. The van der Waals surface area contributed by atoms with E-state index in [4.69, 9.17) is 23.2 Å². The molecule has 1 atom stereocenters. The molecule has 0 unspecified atom stereocenters. The minimum atomic E-state index is -4.23. The van der Waals surface area contributed by atoms with Gasteiger partial charge in [-0.25, -0.2) is 8.42 Å². The molecular weight excluding hydrogens is 545 g/mol. The molecule has 7 nitrogen and oxygen atoms in total. The zero-order chi connectivity index (χ0) is 28.0. The Morgan fingerprint density at radius 2 is 1.63 bits per heavy atom. The van der Waals surface area contributed by atoms with Crippen molar-refractivity contribution in [2.75, 3.05) is 17.4 Å². The molecule has 0 aliphatic rings. The first-order valence-corrected chi connectivity index (χ1v) is 14.3. The first-order chi connectivity index (χ1) is 17.9. The van der Waals surface area contributed by atoms with E-state index in [0.29, 0.717) is 6.54 Å². The number of carbonyl (C=O) groups excluding carboxylic acids is 2. The number of amides is 2. The first-order valence-electron chi connectivity index (χ1n) is 12.1. The molecule has 0 saturated heterocycles. The van der Waals surface area contributed by atoms with Crippen molar-refractivity contribution in [3.8, 4) is 0 Å². The predicted molar refractivity (Wildman–Crippen MR) is 152 cm³/mol. The highest BCUT2D eigenvalue weighted by molar-refractivity contribution is 7.92. The van der Waals surface area contributed by atoms with Crippen LogP contribution in [0.2, 0.25) is 10.0 Å². The van der Waals surface area contributed by atoms with Gasteiger partial charge in [-0.2, -0.15) is 0 Å². The van der Waals surface area contributed by atoms with Gasteiger partial charge in [0.15, 0.2) is 0 Å². The van der Waals surface area contributed by atoms with E-state index in [1.54, 1.807) is 26.0 Å². The molecule has 0 aromatic heterocycles. The van der Waals surface area contributed by atoms with Crippen LogP contribution in [0.1, 0.15) is 30.5 Å². The zero-order valence-corrected chi connectivity index (χ0v) is 24.1. The molecule has 202 valence electrons. The Hall–Kier alpha value is -3.07. The minimum Gasteiger partial charge on any atom is -0.355 e. The van der Waals surface area contributed by atoms with E-state index in [-0.39, 0.29) is 33.1 Å². The Bertz CT molecular complexity index is 1410. The van der Waals surface area contributed by atoms with Gasteiger partial charge in [-0.05, 0) is 63.6 Å². The molecule has 3 aromatic rings. The highest BCUT2D eigenvalue weighted by Gasteiger charge is 2.33. The number of likely N-dealkylation sites (N-methyl/N-ethyl adjacent to an activating group) is 1. The molecule has 1 N–H and O–H groups in total. The number of hydrogen-bond acceptors (Lipinski definition) is 4. The van der Waals surface area contributed by atoms with Gasteiger partial charge in [0.25, 0.3) is 10.0 Å². The van der Waals surface area contributed by atoms with Crippen LogP contribution in [0.15, 0.2) is 71.6 Å². The molecule has 10 heteroatoms. The number of nitrogens with one attached hydrogen (secondary N) is 1. The van der Waals surface area contributed by atoms with Gasteiger partial charge in [0.1, 0.15) is 12.6 Å². The maximum absolute atomic E-state index is 13.9. The van der Waals surface area contributed by atoms with E-state index >= 15 is 0 Å². The Morgan fingerprint density at radius 1 is 0.947 bits per heavy atom. The molecule has 0 radical (unpaired) electrons. The fourth-order valence-corrected chi connectivity index (χ4v) is 5.80. The first kappa shape index (κ1) is 29.5. The van der Waals surface area contributed by atoms with E-state index in [1.165, 1.54) is 35.2 Å². The van der Waals surface area contributed by atoms with Gasteiger partial charge in [0.2, 0.25) is 11.8 Å². The smallest absolute Gasteiger partial charge is 0.264 e. The minimum absolute atomic E-state index is 0.00560. The summed E-state index contributed by atoms with van der Waals surface area (Å²) in [5.74, 6) is -0.917. The predicted octanol–water partition coefficient (Wildman–Crippen LogP) is 5.36. The van der Waals surface area contributed by atoms with Crippen LogP contribution in [0, 0.1) is 13.8 Å². The summed E-state index contributed by atoms with van der Waals surface area (Å²) in [6.45, 7) is 7.09. The number of sulfonamides is 1. The van der Waals surface area contributed by atoms with E-state index in [2.05, 4.69) is 5.32 Å². The molecular formula is C28H31Cl2N3O4S. The number of nitrogens with zero attached hydrogens (tertiary/aromatic N) is 2. The highest BCUT2D eigenvalue weighted by atomic mass is 35.5. The molecule has 0 aliphatic heterocycles. The van der Waals surface area contributed by atoms with E-state index < -0.39 is 28.5 Å². The largest absolute Gasteiger partial charge is 0.355 e. The number of halogens is 2. The lowest BCUT2D eigenvalue weighted by molar-refractivity contribution is -0.139. The maximum atomic E-state index is 13.9. The average molecular weight is 577 g/mol. The van der Waals surface area contributed by atoms with Crippen molar-refractivity contribution < 1.29 is 18.0 Å². The molecule has 3 rings (SSSR count). The molecule has 0 saturated carbocycles. The Balaban J connectivity index is 2.08. The summed E-state index contributed by atoms with van der Waals surface area (Å²) >= 11 is 12.6. The Morgan fingerprint density at radius 3 is 2.26 bits per heavy atom. The third kappa shape index (κ3) is 7.07. The average Bonchev–Trinajstić information content (AvgIpc) is 2.87. The van der Waals surface area contributed by atoms with Gasteiger partial charge in [-0.1, -0.05) is 70.7 Å². The van der Waals surface area contributed by atoms with Crippen molar-refractivity contribution in [1.29, 1.82) is 0 Å². The summed E-state index contributed by atoms with van der Waals surface area (Å²) in [6.07, 6.45) is 0. The van der Waals surface area contributed by atoms with Crippen LogP contribution >= 0.6 is 23.2 Å². The lowest BCUT2D eigenvalue weighted by atomic mass is 10.1. The summed E-state index contributed by atoms with van der Waals surface area (Å²) in [6, 6.07) is 17.4. The number of hydrogen-bond donors (Lipinski definition) is 1. The second kappa shape index (κ2) is 12.7. The number of rotatable bonds is 10. The van der Waals surface area contributed by atoms with Crippen LogP contribution in [0.3, 0.4) is 0 Å². The third-order valence-corrected chi connectivity index (χ3v) is 8.35. The molecule has 0 aliphatic carbocycles.